The summed E-state index contributed by atoms with van der Waals surface area (Å²) >= 11 is 0. The molecule has 0 bridgehead atoms. The lowest BCUT2D eigenvalue weighted by Crippen LogP contribution is -2.53. The molecule has 0 radical (unpaired) electrons. The summed E-state index contributed by atoms with van der Waals surface area (Å²) in [4.78, 5) is 68.7. The molecule has 0 rings (SSSR count). The van der Waals surface area contributed by atoms with Crippen molar-refractivity contribution in [2.24, 2.45) is 0 Å². The second-order valence-corrected chi connectivity index (χ2v) is 5.32. The second kappa shape index (κ2) is 13.1. The van der Waals surface area contributed by atoms with Gasteiger partial charge in [-0.3, -0.25) is 28.8 Å². The third kappa shape index (κ3) is 11.4. The Labute approximate surface area is 161 Å². The molecule has 2 N–H and O–H groups in total. The minimum absolute atomic E-state index is 0.128. The Kier molecular flexibility index (Phi) is 11.6. The summed E-state index contributed by atoms with van der Waals surface area (Å²) in [6.07, 6.45) is -3.57. The van der Waals surface area contributed by atoms with Crippen LogP contribution in [-0.4, -0.2) is 74.2 Å². The fourth-order valence-electron chi connectivity index (χ4n) is 1.80. The number of esters is 4. The van der Waals surface area contributed by atoms with Gasteiger partial charge in [-0.05, 0) is 0 Å². The monoisotopic (exact) mass is 404 g/mol. The van der Waals surface area contributed by atoms with E-state index >= 15 is 0 Å². The Morgan fingerprint density at radius 3 is 1.18 bits per heavy atom. The Balaban J connectivity index is 5.11. The number of carbonyl (C=O) groups excluding carboxylic acids is 6. The van der Waals surface area contributed by atoms with Gasteiger partial charge >= 0.3 is 23.9 Å². The zero-order valence-electron chi connectivity index (χ0n) is 16.1. The van der Waals surface area contributed by atoms with Crippen LogP contribution in [0.25, 0.3) is 0 Å². The average Bonchev–Trinajstić information content (AvgIpc) is 2.57. The van der Waals surface area contributed by atoms with Crippen molar-refractivity contribution in [1.29, 1.82) is 0 Å². The summed E-state index contributed by atoms with van der Waals surface area (Å²) in [7, 11) is 0. The molecule has 0 aliphatic carbocycles. The molecule has 0 aliphatic heterocycles. The van der Waals surface area contributed by atoms with Crippen molar-refractivity contribution in [3.8, 4) is 0 Å². The first-order valence-electron chi connectivity index (χ1n) is 8.21. The minimum Gasteiger partial charge on any atom is -0.464 e. The molecule has 0 aliphatic rings. The van der Waals surface area contributed by atoms with Crippen LogP contribution >= 0.6 is 0 Å². The molecule has 0 aromatic rings. The number of hydrogen-bond acceptors (Lipinski definition) is 10. The number of hydrogen-bond donors (Lipinski definition) is 2. The summed E-state index contributed by atoms with van der Waals surface area (Å²) in [5.74, 6) is -4.80. The van der Waals surface area contributed by atoms with Gasteiger partial charge in [-0.1, -0.05) is 0 Å². The maximum atomic E-state index is 12.3. The van der Waals surface area contributed by atoms with Gasteiger partial charge in [0.05, 0.1) is 13.1 Å². The first-order valence-corrected chi connectivity index (χ1v) is 8.21. The fraction of sp³-hybridized carbons (Fsp3) is 0.625. The van der Waals surface area contributed by atoms with E-state index in [1.807, 2.05) is 0 Å². The molecule has 0 fully saturated rings. The zero-order chi connectivity index (χ0) is 21.7. The average molecular weight is 404 g/mol. The van der Waals surface area contributed by atoms with Crippen molar-refractivity contribution in [2.45, 2.75) is 39.9 Å². The molecule has 0 aromatic heterocycles. The smallest absolute Gasteiger partial charge is 0.303 e. The molecule has 2 amide bonds. The molecule has 2 unspecified atom stereocenters. The van der Waals surface area contributed by atoms with E-state index in [1.54, 1.807) is 0 Å². The molecule has 12 nitrogen and oxygen atoms in total. The summed E-state index contributed by atoms with van der Waals surface area (Å²) in [6, 6.07) is 0. The van der Waals surface area contributed by atoms with Crippen LogP contribution in [0.2, 0.25) is 0 Å². The third-order valence-electron chi connectivity index (χ3n) is 2.79. The van der Waals surface area contributed by atoms with Crippen molar-refractivity contribution in [1.82, 2.24) is 10.6 Å². The molecular weight excluding hydrogens is 380 g/mol. The van der Waals surface area contributed by atoms with E-state index in [1.165, 1.54) is 13.8 Å². The van der Waals surface area contributed by atoms with Crippen LogP contribution in [0.5, 0.6) is 0 Å². The molecule has 0 heterocycles. The van der Waals surface area contributed by atoms with E-state index in [-0.39, 0.29) is 26.3 Å². The highest BCUT2D eigenvalue weighted by molar-refractivity contribution is 5.93. The Hall–Kier alpha value is -3.18. The maximum absolute atomic E-state index is 12.3. The first kappa shape index (κ1) is 24.8. The van der Waals surface area contributed by atoms with Gasteiger partial charge in [0.15, 0.2) is 0 Å². The second-order valence-electron chi connectivity index (χ2n) is 5.32. The molecule has 2 atom stereocenters. The topological polar surface area (TPSA) is 163 Å². The third-order valence-corrected chi connectivity index (χ3v) is 2.79. The summed E-state index contributed by atoms with van der Waals surface area (Å²) < 4.78 is 19.0. The molecule has 0 saturated heterocycles. The van der Waals surface area contributed by atoms with Gasteiger partial charge in [-0.2, -0.15) is 0 Å². The zero-order valence-corrected chi connectivity index (χ0v) is 16.1. The SMILES string of the molecule is CC(=O)OCCNC(=O)C(OC(C)=O)C(OC(C)=O)C(=O)NCCOC(C)=O. The van der Waals surface area contributed by atoms with Gasteiger partial charge in [0.1, 0.15) is 13.2 Å². The standard InChI is InChI=1S/C16H24N2O10/c1-9(19)25-7-5-17-15(23)13(27-11(3)21)14(28-12(4)22)16(24)18-6-8-26-10(2)20/h13-14H,5-8H2,1-4H3,(H,17,23)(H,18,24). The van der Waals surface area contributed by atoms with Crippen LogP contribution in [0.1, 0.15) is 27.7 Å². The van der Waals surface area contributed by atoms with Gasteiger partial charge in [-0.15, -0.1) is 0 Å². The molecule has 12 heteroatoms. The normalized spacial score (nSPS) is 12.0. The number of ether oxygens (including phenoxy) is 4. The highest BCUT2D eigenvalue weighted by atomic mass is 16.6. The molecule has 28 heavy (non-hydrogen) atoms. The lowest BCUT2D eigenvalue weighted by atomic mass is 10.1. The van der Waals surface area contributed by atoms with Crippen LogP contribution in [0.3, 0.4) is 0 Å². The number of nitrogens with one attached hydrogen (secondary N) is 2. The van der Waals surface area contributed by atoms with Gasteiger partial charge in [0, 0.05) is 27.7 Å². The van der Waals surface area contributed by atoms with E-state index in [4.69, 9.17) is 9.47 Å². The predicted octanol–water partition coefficient (Wildman–Crippen LogP) is -1.79. The largest absolute Gasteiger partial charge is 0.464 e. The predicted molar refractivity (Wildman–Crippen MR) is 90.4 cm³/mol. The van der Waals surface area contributed by atoms with Crippen molar-refractivity contribution < 1.29 is 47.7 Å². The minimum atomic E-state index is -1.78. The van der Waals surface area contributed by atoms with Crippen molar-refractivity contribution in [2.75, 3.05) is 26.3 Å². The van der Waals surface area contributed by atoms with Gasteiger partial charge < -0.3 is 29.6 Å². The van der Waals surface area contributed by atoms with Crippen LogP contribution in [0.15, 0.2) is 0 Å². The van der Waals surface area contributed by atoms with Crippen LogP contribution in [0.4, 0.5) is 0 Å². The summed E-state index contributed by atoms with van der Waals surface area (Å²) in [5.41, 5.74) is 0. The van der Waals surface area contributed by atoms with Gasteiger partial charge in [0.25, 0.3) is 11.8 Å². The van der Waals surface area contributed by atoms with Crippen molar-refractivity contribution in [3.05, 3.63) is 0 Å². The lowest BCUT2D eigenvalue weighted by molar-refractivity contribution is -0.174. The molecule has 0 aromatic carbocycles. The van der Waals surface area contributed by atoms with Crippen LogP contribution < -0.4 is 10.6 Å². The van der Waals surface area contributed by atoms with E-state index < -0.39 is 47.9 Å². The highest BCUT2D eigenvalue weighted by Gasteiger charge is 2.39. The van der Waals surface area contributed by atoms with Crippen molar-refractivity contribution in [3.63, 3.8) is 0 Å². The first-order chi connectivity index (χ1) is 13.0. The molecule has 158 valence electrons. The number of carbonyl (C=O) groups is 6. The van der Waals surface area contributed by atoms with Gasteiger partial charge in [-0.25, -0.2) is 0 Å². The van der Waals surface area contributed by atoms with E-state index in [0.29, 0.717) is 0 Å². The van der Waals surface area contributed by atoms with E-state index in [0.717, 1.165) is 13.8 Å². The fourth-order valence-corrected chi connectivity index (χ4v) is 1.80. The number of amides is 2. The van der Waals surface area contributed by atoms with Crippen LogP contribution in [0, 0.1) is 0 Å². The molecule has 0 spiro atoms. The van der Waals surface area contributed by atoms with E-state index in [2.05, 4.69) is 20.1 Å². The Morgan fingerprint density at radius 1 is 0.607 bits per heavy atom. The van der Waals surface area contributed by atoms with Gasteiger partial charge in [0.2, 0.25) is 12.2 Å². The molecular formula is C16H24N2O10. The lowest BCUT2D eigenvalue weighted by Gasteiger charge is -2.24. The Bertz CT molecular complexity index is 552. The maximum Gasteiger partial charge on any atom is 0.303 e. The molecule has 0 saturated carbocycles. The van der Waals surface area contributed by atoms with E-state index in [9.17, 15) is 28.8 Å². The quantitative estimate of drug-likeness (QED) is 0.228. The highest BCUT2D eigenvalue weighted by Crippen LogP contribution is 2.07. The summed E-state index contributed by atoms with van der Waals surface area (Å²) in [5, 5.41) is 4.60. The van der Waals surface area contributed by atoms with Crippen molar-refractivity contribution >= 4 is 35.7 Å². The van der Waals surface area contributed by atoms with Crippen LogP contribution in [-0.2, 0) is 47.7 Å². The summed E-state index contributed by atoms with van der Waals surface area (Å²) in [6.45, 7) is 3.81. The number of rotatable bonds is 11. The Morgan fingerprint density at radius 2 is 0.929 bits per heavy atom.